The van der Waals surface area contributed by atoms with Gasteiger partial charge in [0, 0.05) is 17.2 Å². The van der Waals surface area contributed by atoms with E-state index in [2.05, 4.69) is 19.1 Å². The molecule has 2 rings (SSSR count). The van der Waals surface area contributed by atoms with Crippen molar-refractivity contribution < 1.29 is 9.53 Å². The molecule has 2 nitrogen and oxygen atoms in total. The maximum absolute atomic E-state index is 11.2. The molecule has 0 saturated carbocycles. The molecular weight excluding hydrogens is 280 g/mol. The maximum Gasteiger partial charge on any atom is 0.308 e. The van der Waals surface area contributed by atoms with Gasteiger partial charge in [0.25, 0.3) is 0 Å². The van der Waals surface area contributed by atoms with Crippen LogP contribution in [0.2, 0.25) is 0 Å². The Labute approximate surface area is 130 Å². The SMILES string of the molecule is CCCCCCSc1ccc(OC(C)=O)c2ccccc12. The summed E-state index contributed by atoms with van der Waals surface area (Å²) >= 11 is 1.89. The fraction of sp³-hybridized carbons (Fsp3) is 0.389. The van der Waals surface area contributed by atoms with Gasteiger partial charge in [0.1, 0.15) is 5.75 Å². The molecule has 0 amide bonds. The van der Waals surface area contributed by atoms with Crippen molar-refractivity contribution in [1.82, 2.24) is 0 Å². The first kappa shape index (κ1) is 15.9. The van der Waals surface area contributed by atoms with Crippen molar-refractivity contribution in [2.24, 2.45) is 0 Å². The molecule has 0 bridgehead atoms. The number of benzene rings is 2. The monoisotopic (exact) mass is 302 g/mol. The fourth-order valence-corrected chi connectivity index (χ4v) is 3.39. The Bertz CT molecular complexity index is 607. The lowest BCUT2D eigenvalue weighted by Crippen LogP contribution is -2.01. The summed E-state index contributed by atoms with van der Waals surface area (Å²) in [6, 6.07) is 12.1. The Morgan fingerprint density at radius 1 is 1.05 bits per heavy atom. The smallest absolute Gasteiger partial charge is 0.308 e. The Morgan fingerprint density at radius 3 is 2.52 bits per heavy atom. The standard InChI is InChI=1S/C18H22O2S/c1-3-4-5-8-13-21-18-12-11-17(20-14(2)19)15-9-6-7-10-16(15)18/h6-7,9-12H,3-5,8,13H2,1-2H3. The third-order valence-electron chi connectivity index (χ3n) is 3.35. The third kappa shape index (κ3) is 4.50. The van der Waals surface area contributed by atoms with Crippen LogP contribution < -0.4 is 4.74 Å². The zero-order valence-electron chi connectivity index (χ0n) is 12.7. The molecule has 0 saturated heterocycles. The maximum atomic E-state index is 11.2. The average Bonchev–Trinajstić information content (AvgIpc) is 2.48. The van der Waals surface area contributed by atoms with Gasteiger partial charge >= 0.3 is 5.97 Å². The molecule has 2 aromatic carbocycles. The van der Waals surface area contributed by atoms with Crippen LogP contribution in [0, 0.1) is 0 Å². The summed E-state index contributed by atoms with van der Waals surface area (Å²) in [4.78, 5) is 12.4. The number of carbonyl (C=O) groups is 1. The van der Waals surface area contributed by atoms with E-state index in [-0.39, 0.29) is 5.97 Å². The fourth-order valence-electron chi connectivity index (χ4n) is 2.32. The van der Waals surface area contributed by atoms with Gasteiger partial charge in [-0.25, -0.2) is 0 Å². The second kappa shape index (κ2) is 8.08. The molecule has 0 aliphatic heterocycles. The highest BCUT2D eigenvalue weighted by molar-refractivity contribution is 7.99. The van der Waals surface area contributed by atoms with Crippen LogP contribution in [0.1, 0.15) is 39.5 Å². The molecule has 0 N–H and O–H groups in total. The van der Waals surface area contributed by atoms with Crippen molar-refractivity contribution in [3.8, 4) is 5.75 Å². The molecule has 0 radical (unpaired) electrons. The van der Waals surface area contributed by atoms with Crippen molar-refractivity contribution in [3.05, 3.63) is 36.4 Å². The Balaban J connectivity index is 2.15. The van der Waals surface area contributed by atoms with Gasteiger partial charge in [-0.05, 0) is 29.7 Å². The van der Waals surface area contributed by atoms with E-state index in [0.29, 0.717) is 5.75 Å². The predicted octanol–water partition coefficient (Wildman–Crippen LogP) is 5.44. The lowest BCUT2D eigenvalue weighted by atomic mass is 10.1. The van der Waals surface area contributed by atoms with Crippen LogP contribution in [0.25, 0.3) is 10.8 Å². The highest BCUT2D eigenvalue weighted by Gasteiger charge is 2.08. The van der Waals surface area contributed by atoms with Gasteiger partial charge in [-0.1, -0.05) is 50.5 Å². The highest BCUT2D eigenvalue weighted by atomic mass is 32.2. The number of ether oxygens (including phenoxy) is 1. The van der Waals surface area contributed by atoms with Crippen LogP contribution >= 0.6 is 11.8 Å². The second-order valence-corrected chi connectivity index (χ2v) is 6.25. The molecule has 0 atom stereocenters. The Morgan fingerprint density at radius 2 is 1.81 bits per heavy atom. The molecule has 0 fully saturated rings. The molecule has 2 aromatic rings. The van der Waals surface area contributed by atoms with Gasteiger partial charge in [0.15, 0.2) is 0 Å². The van der Waals surface area contributed by atoms with Crippen molar-refractivity contribution >= 4 is 28.5 Å². The lowest BCUT2D eigenvalue weighted by molar-refractivity contribution is -0.131. The highest BCUT2D eigenvalue weighted by Crippen LogP contribution is 2.34. The van der Waals surface area contributed by atoms with Gasteiger partial charge in [0.2, 0.25) is 0 Å². The molecule has 0 heterocycles. The van der Waals surface area contributed by atoms with Crippen LogP contribution in [-0.2, 0) is 4.79 Å². The molecule has 0 aromatic heterocycles. The quantitative estimate of drug-likeness (QED) is 0.295. The number of fused-ring (bicyclic) bond motifs is 1. The molecular formula is C18H22O2S. The first-order valence-electron chi connectivity index (χ1n) is 7.55. The normalized spacial score (nSPS) is 10.8. The van der Waals surface area contributed by atoms with E-state index in [9.17, 15) is 4.79 Å². The third-order valence-corrected chi connectivity index (χ3v) is 4.51. The lowest BCUT2D eigenvalue weighted by Gasteiger charge is -2.10. The first-order valence-corrected chi connectivity index (χ1v) is 8.54. The Kier molecular flexibility index (Phi) is 6.12. The zero-order valence-corrected chi connectivity index (χ0v) is 13.5. The molecule has 0 unspecified atom stereocenters. The Hall–Kier alpha value is -1.48. The average molecular weight is 302 g/mol. The van der Waals surface area contributed by atoms with E-state index in [1.54, 1.807) is 0 Å². The van der Waals surface area contributed by atoms with Gasteiger partial charge in [0.05, 0.1) is 0 Å². The van der Waals surface area contributed by atoms with E-state index in [1.807, 2.05) is 36.0 Å². The number of thioether (sulfide) groups is 1. The summed E-state index contributed by atoms with van der Waals surface area (Å²) < 4.78 is 5.29. The number of hydrogen-bond acceptors (Lipinski definition) is 3. The van der Waals surface area contributed by atoms with Crippen molar-refractivity contribution in [1.29, 1.82) is 0 Å². The number of hydrogen-bond donors (Lipinski definition) is 0. The summed E-state index contributed by atoms with van der Waals surface area (Å²) in [5, 5.41) is 2.17. The van der Waals surface area contributed by atoms with E-state index < -0.39 is 0 Å². The minimum Gasteiger partial charge on any atom is -0.426 e. The van der Waals surface area contributed by atoms with Crippen LogP contribution in [0.3, 0.4) is 0 Å². The van der Waals surface area contributed by atoms with Gasteiger partial charge in [-0.2, -0.15) is 0 Å². The number of carbonyl (C=O) groups excluding carboxylic acids is 1. The molecule has 0 aliphatic carbocycles. The van der Waals surface area contributed by atoms with Crippen LogP contribution in [-0.4, -0.2) is 11.7 Å². The molecule has 112 valence electrons. The minimum atomic E-state index is -0.278. The number of unbranched alkanes of at least 4 members (excludes halogenated alkanes) is 3. The van der Waals surface area contributed by atoms with Crippen LogP contribution in [0.4, 0.5) is 0 Å². The van der Waals surface area contributed by atoms with E-state index in [1.165, 1.54) is 37.5 Å². The summed E-state index contributed by atoms with van der Waals surface area (Å²) in [6.45, 7) is 3.67. The van der Waals surface area contributed by atoms with E-state index in [0.717, 1.165) is 16.5 Å². The molecule has 21 heavy (non-hydrogen) atoms. The molecule has 3 heteroatoms. The van der Waals surface area contributed by atoms with E-state index >= 15 is 0 Å². The minimum absolute atomic E-state index is 0.278. The van der Waals surface area contributed by atoms with Crippen LogP contribution in [0.15, 0.2) is 41.3 Å². The van der Waals surface area contributed by atoms with Crippen molar-refractivity contribution in [3.63, 3.8) is 0 Å². The van der Waals surface area contributed by atoms with Gasteiger partial charge < -0.3 is 4.74 Å². The number of esters is 1. The predicted molar refractivity (Wildman–Crippen MR) is 90.1 cm³/mol. The summed E-state index contributed by atoms with van der Waals surface area (Å²) in [5.74, 6) is 1.50. The summed E-state index contributed by atoms with van der Waals surface area (Å²) in [6.07, 6.45) is 5.13. The summed E-state index contributed by atoms with van der Waals surface area (Å²) in [7, 11) is 0. The van der Waals surface area contributed by atoms with E-state index in [4.69, 9.17) is 4.74 Å². The largest absolute Gasteiger partial charge is 0.426 e. The first-order chi connectivity index (χ1) is 10.2. The summed E-state index contributed by atoms with van der Waals surface area (Å²) in [5.41, 5.74) is 0. The zero-order chi connectivity index (χ0) is 15.1. The van der Waals surface area contributed by atoms with Crippen LogP contribution in [0.5, 0.6) is 5.75 Å². The molecule has 0 spiro atoms. The topological polar surface area (TPSA) is 26.3 Å². The van der Waals surface area contributed by atoms with Crippen molar-refractivity contribution in [2.45, 2.75) is 44.4 Å². The molecule has 0 aliphatic rings. The number of rotatable bonds is 7. The van der Waals surface area contributed by atoms with Gasteiger partial charge in [-0.3, -0.25) is 4.79 Å². The van der Waals surface area contributed by atoms with Crippen molar-refractivity contribution in [2.75, 3.05) is 5.75 Å². The second-order valence-electron chi connectivity index (χ2n) is 5.11. The van der Waals surface area contributed by atoms with Gasteiger partial charge in [-0.15, -0.1) is 11.8 Å².